The molecule has 3 rings (SSSR count). The van der Waals surface area contributed by atoms with Gasteiger partial charge < -0.3 is 9.67 Å². The minimum Gasteiger partial charge on any atom is -0.393 e. The lowest BCUT2D eigenvalue weighted by molar-refractivity contribution is 0.195. The van der Waals surface area contributed by atoms with Gasteiger partial charge in [0.05, 0.1) is 6.10 Å². The topological polar surface area (TPSA) is 25.2 Å². The number of fused-ring (bicyclic) bond motifs is 1. The maximum atomic E-state index is 9.47. The summed E-state index contributed by atoms with van der Waals surface area (Å²) in [5.41, 5.74) is 2.56. The molecule has 19 heavy (non-hydrogen) atoms. The van der Waals surface area contributed by atoms with Gasteiger partial charge in [-0.05, 0) is 61.3 Å². The number of aliphatic hydroxyl groups is 1. The monoisotopic (exact) mass is 257 g/mol. The fourth-order valence-corrected chi connectivity index (χ4v) is 3.35. The van der Waals surface area contributed by atoms with Gasteiger partial charge >= 0.3 is 0 Å². The number of benzene rings is 1. The van der Waals surface area contributed by atoms with E-state index in [1.807, 2.05) is 6.92 Å². The maximum Gasteiger partial charge on any atom is 0.0552 e. The summed E-state index contributed by atoms with van der Waals surface area (Å²) in [7, 11) is 0. The Kier molecular flexibility index (Phi) is 3.61. The summed E-state index contributed by atoms with van der Waals surface area (Å²) >= 11 is 0. The maximum absolute atomic E-state index is 9.47. The predicted molar refractivity (Wildman–Crippen MR) is 79.3 cm³/mol. The highest BCUT2D eigenvalue weighted by molar-refractivity contribution is 5.80. The number of hydrogen-bond donors (Lipinski definition) is 1. The van der Waals surface area contributed by atoms with Gasteiger partial charge in [-0.15, -0.1) is 0 Å². The molecule has 1 N–H and O–H groups in total. The van der Waals surface area contributed by atoms with E-state index in [2.05, 4.69) is 35.0 Å². The zero-order chi connectivity index (χ0) is 13.2. The quantitative estimate of drug-likeness (QED) is 0.886. The smallest absolute Gasteiger partial charge is 0.0552 e. The molecule has 0 radical (unpaired) electrons. The zero-order valence-corrected chi connectivity index (χ0v) is 11.7. The van der Waals surface area contributed by atoms with Gasteiger partial charge in [0, 0.05) is 18.3 Å². The Morgan fingerprint density at radius 3 is 2.79 bits per heavy atom. The van der Waals surface area contributed by atoms with Crippen LogP contribution in [-0.2, 0) is 13.0 Å². The number of nitrogens with zero attached hydrogens (tertiary/aromatic N) is 1. The van der Waals surface area contributed by atoms with Crippen LogP contribution in [0.15, 0.2) is 30.5 Å². The lowest BCUT2D eigenvalue weighted by Crippen LogP contribution is -2.06. The fourth-order valence-electron chi connectivity index (χ4n) is 3.35. The van der Waals surface area contributed by atoms with Crippen molar-refractivity contribution in [2.24, 2.45) is 5.92 Å². The molecule has 1 unspecified atom stereocenters. The van der Waals surface area contributed by atoms with Crippen LogP contribution in [-0.4, -0.2) is 15.8 Å². The molecule has 2 nitrogen and oxygen atoms in total. The third-order valence-corrected chi connectivity index (χ3v) is 4.30. The summed E-state index contributed by atoms with van der Waals surface area (Å²) in [6, 6.07) is 8.78. The molecule has 1 heterocycles. The number of aromatic nitrogens is 1. The fraction of sp³-hybridized carbons (Fsp3) is 0.529. The highest BCUT2D eigenvalue weighted by Gasteiger charge is 2.16. The molecule has 0 spiro atoms. The molecule has 0 aliphatic heterocycles. The second-order valence-corrected chi connectivity index (χ2v) is 6.06. The highest BCUT2D eigenvalue weighted by Crippen LogP contribution is 2.28. The SMILES string of the molecule is CC(O)Cc1ccc2c(ccn2CC2CCCC2)c1. The molecular weight excluding hydrogens is 234 g/mol. The number of aliphatic hydroxyl groups excluding tert-OH is 1. The minimum atomic E-state index is -0.266. The van der Waals surface area contributed by atoms with E-state index in [1.54, 1.807) is 0 Å². The van der Waals surface area contributed by atoms with Crippen molar-refractivity contribution in [2.45, 2.75) is 51.7 Å². The van der Waals surface area contributed by atoms with E-state index in [0.717, 1.165) is 12.3 Å². The molecule has 1 aromatic heterocycles. The average molecular weight is 257 g/mol. The van der Waals surface area contributed by atoms with Gasteiger partial charge in [0.1, 0.15) is 0 Å². The van der Waals surface area contributed by atoms with E-state index in [0.29, 0.717) is 0 Å². The van der Waals surface area contributed by atoms with Crippen LogP contribution >= 0.6 is 0 Å². The Morgan fingerprint density at radius 2 is 2.05 bits per heavy atom. The average Bonchev–Trinajstić information content (AvgIpc) is 2.99. The molecule has 0 saturated heterocycles. The number of hydrogen-bond acceptors (Lipinski definition) is 1. The summed E-state index contributed by atoms with van der Waals surface area (Å²) in [4.78, 5) is 0. The van der Waals surface area contributed by atoms with E-state index < -0.39 is 0 Å². The highest BCUT2D eigenvalue weighted by atomic mass is 16.3. The third-order valence-electron chi connectivity index (χ3n) is 4.30. The van der Waals surface area contributed by atoms with Crippen molar-refractivity contribution in [3.63, 3.8) is 0 Å². The Labute approximate surface area is 115 Å². The molecule has 0 bridgehead atoms. The van der Waals surface area contributed by atoms with E-state index in [-0.39, 0.29) is 6.10 Å². The Hall–Kier alpha value is -1.28. The zero-order valence-electron chi connectivity index (χ0n) is 11.7. The van der Waals surface area contributed by atoms with Crippen LogP contribution < -0.4 is 0 Å². The minimum absolute atomic E-state index is 0.266. The molecule has 102 valence electrons. The largest absolute Gasteiger partial charge is 0.393 e. The summed E-state index contributed by atoms with van der Waals surface area (Å²) in [6.45, 7) is 3.01. The Balaban J connectivity index is 1.82. The third kappa shape index (κ3) is 2.84. The molecule has 1 aliphatic rings. The molecule has 1 fully saturated rings. The normalized spacial score (nSPS) is 18.2. The van der Waals surface area contributed by atoms with Gasteiger partial charge in [0.2, 0.25) is 0 Å². The molecule has 2 aromatic rings. The molecule has 0 amide bonds. The molecular formula is C17H23NO. The van der Waals surface area contributed by atoms with Crippen LogP contribution in [0.2, 0.25) is 0 Å². The summed E-state index contributed by atoms with van der Waals surface area (Å²) in [5, 5.41) is 10.8. The summed E-state index contributed by atoms with van der Waals surface area (Å²) in [5.74, 6) is 0.868. The first-order valence-corrected chi connectivity index (χ1v) is 7.48. The van der Waals surface area contributed by atoms with Crippen molar-refractivity contribution in [1.29, 1.82) is 0 Å². The van der Waals surface area contributed by atoms with Gasteiger partial charge in [-0.1, -0.05) is 18.9 Å². The van der Waals surface area contributed by atoms with E-state index >= 15 is 0 Å². The second kappa shape index (κ2) is 5.38. The van der Waals surface area contributed by atoms with Crippen molar-refractivity contribution >= 4 is 10.9 Å². The van der Waals surface area contributed by atoms with Crippen molar-refractivity contribution < 1.29 is 5.11 Å². The standard InChI is InChI=1S/C17H23NO/c1-13(19)10-15-6-7-17-16(11-15)8-9-18(17)12-14-4-2-3-5-14/h6-9,11,13-14,19H,2-5,10,12H2,1H3. The molecule has 1 aliphatic carbocycles. The lowest BCUT2D eigenvalue weighted by Gasteiger charge is -2.12. The van der Waals surface area contributed by atoms with Crippen LogP contribution in [0.1, 0.15) is 38.2 Å². The Bertz CT molecular complexity index is 549. The van der Waals surface area contributed by atoms with Gasteiger partial charge in [0.25, 0.3) is 0 Å². The van der Waals surface area contributed by atoms with Crippen molar-refractivity contribution in [3.8, 4) is 0 Å². The van der Waals surface area contributed by atoms with Crippen LogP contribution in [0.5, 0.6) is 0 Å². The van der Waals surface area contributed by atoms with Crippen molar-refractivity contribution in [2.75, 3.05) is 0 Å². The molecule has 2 heteroatoms. The molecule has 1 saturated carbocycles. The first kappa shape index (κ1) is 12.7. The van der Waals surface area contributed by atoms with Crippen molar-refractivity contribution in [1.82, 2.24) is 4.57 Å². The molecule has 1 aromatic carbocycles. The van der Waals surface area contributed by atoms with E-state index in [4.69, 9.17) is 0 Å². The van der Waals surface area contributed by atoms with Gasteiger partial charge in [-0.3, -0.25) is 0 Å². The van der Waals surface area contributed by atoms with Crippen LogP contribution in [0.4, 0.5) is 0 Å². The van der Waals surface area contributed by atoms with Gasteiger partial charge in [-0.2, -0.15) is 0 Å². The van der Waals surface area contributed by atoms with Crippen LogP contribution in [0.3, 0.4) is 0 Å². The van der Waals surface area contributed by atoms with Gasteiger partial charge in [0.15, 0.2) is 0 Å². The first-order valence-electron chi connectivity index (χ1n) is 7.48. The van der Waals surface area contributed by atoms with E-state index in [9.17, 15) is 5.11 Å². The first-order chi connectivity index (χ1) is 9.22. The predicted octanol–water partition coefficient (Wildman–Crippen LogP) is 3.75. The van der Waals surface area contributed by atoms with Gasteiger partial charge in [-0.25, -0.2) is 0 Å². The number of rotatable bonds is 4. The lowest BCUT2D eigenvalue weighted by atomic mass is 10.1. The van der Waals surface area contributed by atoms with E-state index in [1.165, 1.54) is 48.7 Å². The Morgan fingerprint density at radius 1 is 1.26 bits per heavy atom. The van der Waals surface area contributed by atoms with Crippen LogP contribution in [0, 0.1) is 5.92 Å². The van der Waals surface area contributed by atoms with Crippen LogP contribution in [0.25, 0.3) is 10.9 Å². The molecule has 1 atom stereocenters. The van der Waals surface area contributed by atoms with Crippen molar-refractivity contribution in [3.05, 3.63) is 36.0 Å². The second-order valence-electron chi connectivity index (χ2n) is 6.06. The summed E-state index contributed by atoms with van der Waals surface area (Å²) in [6.07, 6.45) is 8.28. The summed E-state index contributed by atoms with van der Waals surface area (Å²) < 4.78 is 2.40.